The predicted molar refractivity (Wildman–Crippen MR) is 116 cm³/mol. The molecule has 0 saturated heterocycles. The molecular formula is C15H14I2N6O3. The third kappa shape index (κ3) is 3.13. The van der Waals surface area contributed by atoms with Gasteiger partial charge in [0.05, 0.1) is 9.78 Å². The van der Waals surface area contributed by atoms with E-state index in [1.54, 1.807) is 20.2 Å². The number of rotatable bonds is 3. The van der Waals surface area contributed by atoms with Crippen LogP contribution in [0.25, 0.3) is 11.2 Å². The summed E-state index contributed by atoms with van der Waals surface area (Å²) in [5.74, 6) is 0.437. The lowest BCUT2D eigenvalue weighted by Crippen LogP contribution is -2.37. The summed E-state index contributed by atoms with van der Waals surface area (Å²) in [7, 11) is 4.63. The summed E-state index contributed by atoms with van der Waals surface area (Å²) in [4.78, 5) is 28.6. The maximum atomic E-state index is 12.3. The fourth-order valence-electron chi connectivity index (χ4n) is 2.46. The van der Waals surface area contributed by atoms with Gasteiger partial charge in [-0.1, -0.05) is 0 Å². The highest BCUT2D eigenvalue weighted by Crippen LogP contribution is 2.25. The zero-order valence-electron chi connectivity index (χ0n) is 14.0. The van der Waals surface area contributed by atoms with Crippen LogP contribution in [0, 0.1) is 7.14 Å². The first-order chi connectivity index (χ1) is 12.2. The number of nitrogens with zero attached hydrogens (tertiary/aromatic N) is 5. The van der Waals surface area contributed by atoms with Crippen LogP contribution in [0.5, 0.6) is 5.75 Å². The zero-order chi connectivity index (χ0) is 19.2. The molecule has 0 bridgehead atoms. The minimum absolute atomic E-state index is 0.137. The number of phenols is 1. The molecule has 3 aromatic rings. The summed E-state index contributed by atoms with van der Waals surface area (Å²) in [6, 6.07) is 3.64. The first-order valence-electron chi connectivity index (χ1n) is 7.32. The molecule has 2 N–H and O–H groups in total. The molecule has 0 unspecified atom stereocenters. The number of fused-ring (bicyclic) bond motifs is 1. The van der Waals surface area contributed by atoms with Crippen LogP contribution in [0.1, 0.15) is 5.56 Å². The van der Waals surface area contributed by atoms with E-state index in [4.69, 9.17) is 0 Å². The lowest BCUT2D eigenvalue weighted by Gasteiger charge is -2.04. The van der Waals surface area contributed by atoms with Crippen molar-refractivity contribution in [3.63, 3.8) is 0 Å². The molecule has 0 fully saturated rings. The number of hydrogen-bond donors (Lipinski definition) is 2. The second kappa shape index (κ2) is 7.02. The van der Waals surface area contributed by atoms with Gasteiger partial charge >= 0.3 is 5.69 Å². The zero-order valence-corrected chi connectivity index (χ0v) is 18.3. The molecule has 11 heteroatoms. The van der Waals surface area contributed by atoms with Crippen molar-refractivity contribution in [1.29, 1.82) is 0 Å². The lowest BCUT2D eigenvalue weighted by molar-refractivity contribution is 0.470. The summed E-state index contributed by atoms with van der Waals surface area (Å²) in [6.07, 6.45) is 1.47. The van der Waals surface area contributed by atoms with Crippen LogP contribution in [-0.2, 0) is 21.1 Å². The molecule has 136 valence electrons. The monoisotopic (exact) mass is 580 g/mol. The molecule has 0 amide bonds. The van der Waals surface area contributed by atoms with Gasteiger partial charge in [0, 0.05) is 30.3 Å². The van der Waals surface area contributed by atoms with Gasteiger partial charge in [-0.05, 0) is 57.3 Å². The van der Waals surface area contributed by atoms with Crippen LogP contribution >= 0.6 is 45.2 Å². The minimum atomic E-state index is -0.450. The van der Waals surface area contributed by atoms with Crippen LogP contribution in [0.3, 0.4) is 0 Å². The normalized spacial score (nSPS) is 11.6. The van der Waals surface area contributed by atoms with E-state index in [1.165, 1.54) is 22.4 Å². The number of aromatic nitrogens is 4. The summed E-state index contributed by atoms with van der Waals surface area (Å²) in [5, 5.41) is 14.2. The minimum Gasteiger partial charge on any atom is -0.506 e. The Bertz CT molecular complexity index is 1180. The van der Waals surface area contributed by atoms with Gasteiger partial charge in [-0.3, -0.25) is 13.9 Å². The average molecular weight is 580 g/mol. The maximum absolute atomic E-state index is 12.3. The number of aryl methyl sites for hydroxylation is 2. The van der Waals surface area contributed by atoms with Gasteiger partial charge in [-0.25, -0.2) is 10.2 Å². The van der Waals surface area contributed by atoms with E-state index in [0.717, 1.165) is 11.7 Å². The van der Waals surface area contributed by atoms with Crippen molar-refractivity contribution in [2.75, 3.05) is 5.43 Å². The Kier molecular flexibility index (Phi) is 5.09. The Morgan fingerprint density at radius 1 is 1.15 bits per heavy atom. The van der Waals surface area contributed by atoms with Crippen molar-refractivity contribution in [2.24, 2.45) is 26.2 Å². The average Bonchev–Trinajstić information content (AvgIpc) is 2.92. The molecule has 1 aromatic carbocycles. The summed E-state index contributed by atoms with van der Waals surface area (Å²) in [5.41, 5.74) is 2.98. The third-order valence-electron chi connectivity index (χ3n) is 3.90. The van der Waals surface area contributed by atoms with Crippen molar-refractivity contribution >= 4 is 68.5 Å². The van der Waals surface area contributed by atoms with Gasteiger partial charge in [0.2, 0.25) is 5.95 Å². The molecule has 0 spiro atoms. The lowest BCUT2D eigenvalue weighted by atomic mass is 10.2. The second-order valence-corrected chi connectivity index (χ2v) is 7.98. The second-order valence-electron chi connectivity index (χ2n) is 5.57. The van der Waals surface area contributed by atoms with Crippen LogP contribution in [0.4, 0.5) is 5.95 Å². The van der Waals surface area contributed by atoms with E-state index in [2.05, 4.69) is 38.1 Å². The van der Waals surface area contributed by atoms with Gasteiger partial charge in [0.1, 0.15) is 5.75 Å². The number of hydrazone groups is 1. The topological polar surface area (TPSA) is 106 Å². The fraction of sp³-hybridized carbons (Fsp3) is 0.200. The Morgan fingerprint density at radius 3 is 2.54 bits per heavy atom. The van der Waals surface area contributed by atoms with Gasteiger partial charge in [-0.2, -0.15) is 10.1 Å². The largest absolute Gasteiger partial charge is 0.506 e. The molecule has 0 radical (unpaired) electrons. The Hall–Kier alpha value is -1.90. The van der Waals surface area contributed by atoms with Crippen LogP contribution < -0.4 is 16.7 Å². The van der Waals surface area contributed by atoms with Gasteiger partial charge in [0.15, 0.2) is 11.2 Å². The molecule has 0 aliphatic carbocycles. The predicted octanol–water partition coefficient (Wildman–Crippen LogP) is 1.33. The van der Waals surface area contributed by atoms with Gasteiger partial charge in [-0.15, -0.1) is 0 Å². The Labute approximate surface area is 174 Å². The number of hydrogen-bond acceptors (Lipinski definition) is 6. The van der Waals surface area contributed by atoms with Crippen molar-refractivity contribution in [2.45, 2.75) is 0 Å². The van der Waals surface area contributed by atoms with Crippen LogP contribution in [0.15, 0.2) is 26.8 Å². The molecule has 0 aliphatic heterocycles. The smallest absolute Gasteiger partial charge is 0.332 e. The van der Waals surface area contributed by atoms with Crippen LogP contribution in [0.2, 0.25) is 0 Å². The van der Waals surface area contributed by atoms with E-state index in [-0.39, 0.29) is 11.4 Å². The molecule has 2 aromatic heterocycles. The third-order valence-corrected chi connectivity index (χ3v) is 5.35. The highest BCUT2D eigenvalue weighted by atomic mass is 127. The van der Waals surface area contributed by atoms with Gasteiger partial charge in [0.25, 0.3) is 5.56 Å². The number of imidazole rings is 1. The number of halogens is 2. The maximum Gasteiger partial charge on any atom is 0.332 e. The van der Waals surface area contributed by atoms with E-state index < -0.39 is 11.2 Å². The van der Waals surface area contributed by atoms with E-state index >= 15 is 0 Å². The standard InChI is InChI=1S/C15H14I2N6O3/c1-21-10-12(22(2)15(26)23(3)13(10)25)19-14(21)20-18-6-7-4-8(16)5-9(17)11(7)24/h4-6,24H,1-3H3,(H,19,20)/b18-6+. The quantitative estimate of drug-likeness (QED) is 0.277. The Balaban J connectivity index is 2.02. The molecule has 0 atom stereocenters. The van der Waals surface area contributed by atoms with Gasteiger partial charge < -0.3 is 9.67 Å². The summed E-state index contributed by atoms with van der Waals surface area (Å²) >= 11 is 4.20. The number of aromatic hydroxyl groups is 1. The number of nitrogens with one attached hydrogen (secondary N) is 1. The van der Waals surface area contributed by atoms with E-state index in [1.807, 2.05) is 28.7 Å². The first-order valence-corrected chi connectivity index (χ1v) is 9.47. The molecule has 0 aliphatic rings. The Morgan fingerprint density at radius 2 is 1.85 bits per heavy atom. The highest BCUT2D eigenvalue weighted by Gasteiger charge is 2.16. The van der Waals surface area contributed by atoms with E-state index in [0.29, 0.717) is 17.0 Å². The summed E-state index contributed by atoms with van der Waals surface area (Å²) in [6.45, 7) is 0. The first kappa shape index (κ1) is 18.9. The molecule has 2 heterocycles. The van der Waals surface area contributed by atoms with Crippen molar-refractivity contribution < 1.29 is 5.11 Å². The van der Waals surface area contributed by atoms with E-state index in [9.17, 15) is 14.7 Å². The fourth-order valence-corrected chi connectivity index (χ4v) is 4.35. The van der Waals surface area contributed by atoms with Crippen molar-refractivity contribution in [1.82, 2.24) is 18.7 Å². The molecule has 3 rings (SSSR count). The number of phenolic OH excluding ortho intramolecular Hbond substituents is 1. The number of benzene rings is 1. The molecule has 26 heavy (non-hydrogen) atoms. The van der Waals surface area contributed by atoms with Crippen LogP contribution in [-0.4, -0.2) is 30.0 Å². The molecule has 0 saturated carbocycles. The van der Waals surface area contributed by atoms with Crippen molar-refractivity contribution in [3.05, 3.63) is 45.7 Å². The highest BCUT2D eigenvalue weighted by molar-refractivity contribution is 14.1. The summed E-state index contributed by atoms with van der Waals surface area (Å²) < 4.78 is 5.56. The van der Waals surface area contributed by atoms with Crippen molar-refractivity contribution in [3.8, 4) is 5.75 Å². The molecular weight excluding hydrogens is 566 g/mol. The SMILES string of the molecule is Cn1c(=O)c2c(nc(N/N=C/c3cc(I)cc(I)c3O)n2C)n(C)c1=O. The number of anilines is 1. The molecule has 9 nitrogen and oxygen atoms in total.